The van der Waals surface area contributed by atoms with E-state index in [9.17, 15) is 5.11 Å². The average molecular weight is 271 g/mol. The van der Waals surface area contributed by atoms with E-state index in [-0.39, 0.29) is 12.0 Å². The first-order valence-corrected chi connectivity index (χ1v) is 7.58. The third kappa shape index (κ3) is 2.87. The quantitative estimate of drug-likeness (QED) is 0.898. The Hall–Kier alpha value is -0.590. The maximum Gasteiger partial charge on any atom is 0.232 e. The van der Waals surface area contributed by atoms with Gasteiger partial charge >= 0.3 is 0 Å². The molecule has 1 aliphatic rings. The number of aliphatic hydroxyl groups excluding tert-OH is 1. The molecule has 1 aromatic rings. The van der Waals surface area contributed by atoms with Crippen molar-refractivity contribution in [2.75, 3.05) is 25.1 Å². The molecule has 0 aromatic carbocycles. The summed E-state index contributed by atoms with van der Waals surface area (Å²) in [4.78, 5) is 6.74. The molecular formula is C12H21N3O2S. The second kappa shape index (κ2) is 6.04. The Morgan fingerprint density at radius 3 is 3.00 bits per heavy atom. The Kier molecular flexibility index (Phi) is 4.64. The van der Waals surface area contributed by atoms with Gasteiger partial charge in [-0.2, -0.15) is 16.7 Å². The average Bonchev–Trinajstić information content (AvgIpc) is 2.79. The summed E-state index contributed by atoms with van der Waals surface area (Å²) in [5.41, 5.74) is 0. The van der Waals surface area contributed by atoms with Gasteiger partial charge in [0.15, 0.2) is 5.82 Å². The number of nitrogens with zero attached hydrogens (tertiary/aromatic N) is 3. The fourth-order valence-electron chi connectivity index (χ4n) is 2.21. The van der Waals surface area contributed by atoms with Crippen LogP contribution in [0.1, 0.15) is 43.9 Å². The van der Waals surface area contributed by atoms with E-state index in [1.165, 1.54) is 0 Å². The largest absolute Gasteiger partial charge is 0.393 e. The Labute approximate surface area is 112 Å². The minimum absolute atomic E-state index is 0.0622. The molecule has 6 heteroatoms. The summed E-state index contributed by atoms with van der Waals surface area (Å²) in [6, 6.07) is 0.229. The van der Waals surface area contributed by atoms with Crippen LogP contribution < -0.4 is 0 Å². The lowest BCUT2D eigenvalue weighted by Crippen LogP contribution is -2.33. The molecule has 1 N–H and O–H groups in total. The number of rotatable bonds is 4. The van der Waals surface area contributed by atoms with E-state index in [1.54, 1.807) is 6.92 Å². The number of aromatic nitrogens is 2. The molecule has 102 valence electrons. The normalized spacial score (nSPS) is 25.0. The summed E-state index contributed by atoms with van der Waals surface area (Å²) in [5.74, 6) is 3.40. The third-order valence-corrected chi connectivity index (χ3v) is 4.51. The van der Waals surface area contributed by atoms with Gasteiger partial charge < -0.3 is 9.63 Å². The Morgan fingerprint density at radius 1 is 1.61 bits per heavy atom. The van der Waals surface area contributed by atoms with Gasteiger partial charge in [0.05, 0.1) is 18.1 Å². The Morgan fingerprint density at radius 2 is 2.39 bits per heavy atom. The van der Waals surface area contributed by atoms with Crippen LogP contribution in [0.15, 0.2) is 4.52 Å². The van der Waals surface area contributed by atoms with Gasteiger partial charge in [0.2, 0.25) is 5.89 Å². The van der Waals surface area contributed by atoms with Crippen molar-refractivity contribution in [3.63, 3.8) is 0 Å². The molecule has 1 aliphatic heterocycles. The molecule has 5 nitrogen and oxygen atoms in total. The molecule has 2 heterocycles. The van der Waals surface area contributed by atoms with Gasteiger partial charge in [-0.1, -0.05) is 12.1 Å². The molecular weight excluding hydrogens is 250 g/mol. The maximum absolute atomic E-state index is 9.69. The van der Waals surface area contributed by atoms with E-state index in [2.05, 4.69) is 22.1 Å². The van der Waals surface area contributed by atoms with Gasteiger partial charge in [0, 0.05) is 18.1 Å². The van der Waals surface area contributed by atoms with Gasteiger partial charge in [0.1, 0.15) is 0 Å². The number of hydrogen-bond donors (Lipinski definition) is 1. The summed E-state index contributed by atoms with van der Waals surface area (Å²) in [7, 11) is 2.09. The minimum Gasteiger partial charge on any atom is -0.393 e. The highest BCUT2D eigenvalue weighted by molar-refractivity contribution is 7.99. The van der Waals surface area contributed by atoms with E-state index in [4.69, 9.17) is 4.52 Å². The second-order valence-electron chi connectivity index (χ2n) is 4.82. The van der Waals surface area contributed by atoms with Gasteiger partial charge in [-0.25, -0.2) is 0 Å². The van der Waals surface area contributed by atoms with Crippen molar-refractivity contribution in [1.82, 2.24) is 15.0 Å². The van der Waals surface area contributed by atoms with Crippen LogP contribution in [0.25, 0.3) is 0 Å². The van der Waals surface area contributed by atoms with Crippen molar-refractivity contribution in [1.29, 1.82) is 0 Å². The van der Waals surface area contributed by atoms with E-state index < -0.39 is 6.10 Å². The van der Waals surface area contributed by atoms with Crippen molar-refractivity contribution < 1.29 is 9.63 Å². The van der Waals surface area contributed by atoms with Crippen molar-refractivity contribution in [3.05, 3.63) is 11.7 Å². The molecule has 0 amide bonds. The summed E-state index contributed by atoms with van der Waals surface area (Å²) in [6.45, 7) is 4.83. The molecule has 0 aliphatic carbocycles. The van der Waals surface area contributed by atoms with Crippen LogP contribution in [0.2, 0.25) is 0 Å². The van der Waals surface area contributed by atoms with Crippen molar-refractivity contribution >= 4 is 11.8 Å². The van der Waals surface area contributed by atoms with Crippen LogP contribution in [0.3, 0.4) is 0 Å². The van der Waals surface area contributed by atoms with E-state index in [0.29, 0.717) is 5.89 Å². The second-order valence-corrected chi connectivity index (χ2v) is 5.97. The molecule has 1 saturated heterocycles. The van der Waals surface area contributed by atoms with Crippen LogP contribution >= 0.6 is 11.8 Å². The Balaban J connectivity index is 2.14. The van der Waals surface area contributed by atoms with Crippen LogP contribution in [0.5, 0.6) is 0 Å². The van der Waals surface area contributed by atoms with Crippen molar-refractivity contribution in [3.8, 4) is 0 Å². The highest BCUT2D eigenvalue weighted by Gasteiger charge is 2.28. The lowest BCUT2D eigenvalue weighted by Gasteiger charge is -2.29. The van der Waals surface area contributed by atoms with Crippen molar-refractivity contribution in [2.24, 2.45) is 0 Å². The fraction of sp³-hybridized carbons (Fsp3) is 0.833. The van der Waals surface area contributed by atoms with Crippen LogP contribution in [-0.4, -0.2) is 51.3 Å². The SMILES string of the molecule is CCC(c1nc(C2CSCCN2C)no1)C(C)O. The smallest absolute Gasteiger partial charge is 0.232 e. The summed E-state index contributed by atoms with van der Waals surface area (Å²) in [6.07, 6.45) is 0.343. The molecule has 18 heavy (non-hydrogen) atoms. The first kappa shape index (κ1) is 13.8. The molecule has 0 bridgehead atoms. The topological polar surface area (TPSA) is 62.4 Å². The highest BCUT2D eigenvalue weighted by Crippen LogP contribution is 2.28. The zero-order chi connectivity index (χ0) is 13.1. The van der Waals surface area contributed by atoms with Gasteiger partial charge in [0.25, 0.3) is 0 Å². The van der Waals surface area contributed by atoms with Gasteiger partial charge in [-0.05, 0) is 20.4 Å². The number of thioether (sulfide) groups is 1. The standard InChI is InChI=1S/C12H21N3O2S/c1-4-9(8(2)16)12-13-11(14-17-12)10-7-18-6-5-15(10)3/h8-10,16H,4-7H2,1-3H3. The molecule has 3 unspecified atom stereocenters. The fourth-order valence-corrected chi connectivity index (χ4v) is 3.42. The number of aliphatic hydroxyl groups is 1. The highest BCUT2D eigenvalue weighted by atomic mass is 32.2. The Bertz CT molecular complexity index is 383. The minimum atomic E-state index is -0.457. The van der Waals surface area contributed by atoms with Crippen LogP contribution in [0.4, 0.5) is 0 Å². The van der Waals surface area contributed by atoms with Crippen LogP contribution in [-0.2, 0) is 0 Å². The summed E-state index contributed by atoms with van der Waals surface area (Å²) in [5, 5.41) is 13.8. The maximum atomic E-state index is 9.69. The zero-order valence-corrected chi connectivity index (χ0v) is 12.0. The molecule has 3 atom stereocenters. The molecule has 0 saturated carbocycles. The third-order valence-electron chi connectivity index (χ3n) is 3.49. The van der Waals surface area contributed by atoms with E-state index >= 15 is 0 Å². The summed E-state index contributed by atoms with van der Waals surface area (Å²) >= 11 is 1.92. The zero-order valence-electron chi connectivity index (χ0n) is 11.2. The van der Waals surface area contributed by atoms with Crippen molar-refractivity contribution in [2.45, 2.75) is 38.3 Å². The number of hydrogen-bond acceptors (Lipinski definition) is 6. The first-order valence-electron chi connectivity index (χ1n) is 6.43. The lowest BCUT2D eigenvalue weighted by molar-refractivity contribution is 0.141. The predicted octanol–water partition coefficient (Wildman–Crippen LogP) is 1.66. The first-order chi connectivity index (χ1) is 8.63. The molecule has 0 radical (unpaired) electrons. The predicted molar refractivity (Wildman–Crippen MR) is 71.7 cm³/mol. The van der Waals surface area contributed by atoms with E-state index in [0.717, 1.165) is 30.3 Å². The molecule has 1 fully saturated rings. The van der Waals surface area contributed by atoms with E-state index in [1.807, 2.05) is 18.7 Å². The van der Waals surface area contributed by atoms with Gasteiger partial charge in [-0.3, -0.25) is 4.90 Å². The van der Waals surface area contributed by atoms with Crippen LogP contribution in [0, 0.1) is 0 Å². The molecule has 1 aromatic heterocycles. The molecule has 2 rings (SSSR count). The molecule has 0 spiro atoms. The monoisotopic (exact) mass is 271 g/mol. The lowest BCUT2D eigenvalue weighted by atomic mass is 10.0. The summed E-state index contributed by atoms with van der Waals surface area (Å²) < 4.78 is 5.32. The van der Waals surface area contributed by atoms with Gasteiger partial charge in [-0.15, -0.1) is 0 Å².